The average Bonchev–Trinajstić information content (AvgIpc) is 2.94. The van der Waals surface area contributed by atoms with Crippen molar-refractivity contribution >= 4 is 33.7 Å². The summed E-state index contributed by atoms with van der Waals surface area (Å²) in [6, 6.07) is 15.9. The van der Waals surface area contributed by atoms with Gasteiger partial charge < -0.3 is 9.30 Å². The first-order valence-corrected chi connectivity index (χ1v) is 8.28. The molecule has 122 valence electrons. The van der Waals surface area contributed by atoms with Crippen molar-refractivity contribution in [1.29, 1.82) is 0 Å². The molecule has 0 fully saturated rings. The second kappa shape index (κ2) is 7.23. The number of nitrogens with zero attached hydrogens (tertiary/aromatic N) is 3. The van der Waals surface area contributed by atoms with E-state index >= 15 is 0 Å². The van der Waals surface area contributed by atoms with Gasteiger partial charge in [-0.15, -0.1) is 5.10 Å². The Labute approximate surface area is 143 Å². The number of carbonyl (C=O) groups is 1. The molecule has 1 heterocycles. The Bertz CT molecular complexity index is 952. The van der Waals surface area contributed by atoms with Crippen LogP contribution in [0.25, 0.3) is 10.2 Å². The number of ether oxygens (including phenoxy) is 1. The third kappa shape index (κ3) is 3.60. The summed E-state index contributed by atoms with van der Waals surface area (Å²) < 4.78 is 7.64. The van der Waals surface area contributed by atoms with E-state index in [1.165, 1.54) is 24.0 Å². The van der Waals surface area contributed by atoms with Crippen LogP contribution in [0.2, 0.25) is 0 Å². The molecule has 0 N–H and O–H groups in total. The number of methoxy groups -OCH3 is 1. The Kier molecular flexibility index (Phi) is 4.86. The van der Waals surface area contributed by atoms with Gasteiger partial charge in [0.1, 0.15) is 6.54 Å². The van der Waals surface area contributed by atoms with Crippen molar-refractivity contribution in [3.63, 3.8) is 0 Å². The summed E-state index contributed by atoms with van der Waals surface area (Å²) in [4.78, 5) is 12.3. The standard InChI is InChI=1S/C18H17N3O2S/c1-13-7-9-14(10-8-13)11-19-20-18-21(12-17(22)23-2)15-5-3-4-6-16(15)24-18/h3-11H,12H2,1-2H3/b19-11-,20-18-. The molecular weight excluding hydrogens is 322 g/mol. The molecule has 0 radical (unpaired) electrons. The maximum absolute atomic E-state index is 11.7. The molecule has 0 amide bonds. The number of fused-ring (bicyclic) bond motifs is 1. The van der Waals surface area contributed by atoms with Gasteiger partial charge in [-0.3, -0.25) is 4.79 Å². The van der Waals surface area contributed by atoms with Crippen molar-refractivity contribution < 1.29 is 9.53 Å². The summed E-state index contributed by atoms with van der Waals surface area (Å²) >= 11 is 1.49. The zero-order valence-corrected chi connectivity index (χ0v) is 14.3. The van der Waals surface area contributed by atoms with Crippen LogP contribution in [0, 0.1) is 6.92 Å². The van der Waals surface area contributed by atoms with Crippen LogP contribution in [0.4, 0.5) is 0 Å². The molecule has 0 aliphatic heterocycles. The lowest BCUT2D eigenvalue weighted by molar-refractivity contribution is -0.141. The van der Waals surface area contributed by atoms with Gasteiger partial charge in [0.2, 0.25) is 4.80 Å². The van der Waals surface area contributed by atoms with Gasteiger partial charge >= 0.3 is 5.97 Å². The lowest BCUT2D eigenvalue weighted by Crippen LogP contribution is -2.20. The van der Waals surface area contributed by atoms with Crippen LogP contribution >= 0.6 is 11.3 Å². The van der Waals surface area contributed by atoms with E-state index in [1.807, 2.05) is 60.0 Å². The molecule has 0 bridgehead atoms. The van der Waals surface area contributed by atoms with E-state index in [1.54, 1.807) is 6.21 Å². The number of aromatic nitrogens is 1. The van der Waals surface area contributed by atoms with Crippen molar-refractivity contribution in [2.45, 2.75) is 13.5 Å². The van der Waals surface area contributed by atoms with Gasteiger partial charge in [0, 0.05) is 0 Å². The minimum absolute atomic E-state index is 0.111. The maximum Gasteiger partial charge on any atom is 0.325 e. The molecule has 0 unspecified atom stereocenters. The minimum atomic E-state index is -0.317. The van der Waals surface area contributed by atoms with Crippen LogP contribution in [-0.4, -0.2) is 23.9 Å². The molecule has 1 aromatic heterocycles. The summed E-state index contributed by atoms with van der Waals surface area (Å²) in [6.07, 6.45) is 1.70. The van der Waals surface area contributed by atoms with E-state index < -0.39 is 0 Å². The maximum atomic E-state index is 11.7. The number of aryl methyl sites for hydroxylation is 1. The van der Waals surface area contributed by atoms with E-state index in [-0.39, 0.29) is 12.5 Å². The topological polar surface area (TPSA) is 56.0 Å². The lowest BCUT2D eigenvalue weighted by atomic mass is 10.2. The predicted molar refractivity (Wildman–Crippen MR) is 96.2 cm³/mol. The Balaban J connectivity index is 1.99. The number of thiazole rings is 1. The Morgan fingerprint density at radius 1 is 1.21 bits per heavy atom. The molecule has 3 rings (SSSR count). The van der Waals surface area contributed by atoms with Crippen LogP contribution < -0.4 is 4.80 Å². The molecule has 0 saturated carbocycles. The lowest BCUT2D eigenvalue weighted by Gasteiger charge is -2.02. The van der Waals surface area contributed by atoms with E-state index in [9.17, 15) is 4.79 Å². The van der Waals surface area contributed by atoms with Crippen molar-refractivity contribution in [3.8, 4) is 0 Å². The van der Waals surface area contributed by atoms with Gasteiger partial charge in [0.25, 0.3) is 0 Å². The third-order valence-electron chi connectivity index (χ3n) is 3.53. The smallest absolute Gasteiger partial charge is 0.325 e. The second-order valence-corrected chi connectivity index (χ2v) is 6.28. The van der Waals surface area contributed by atoms with E-state index in [4.69, 9.17) is 4.74 Å². The number of carbonyl (C=O) groups excluding carboxylic acids is 1. The van der Waals surface area contributed by atoms with Gasteiger partial charge in [0.15, 0.2) is 0 Å². The molecule has 0 atom stereocenters. The monoisotopic (exact) mass is 339 g/mol. The molecule has 0 saturated heterocycles. The quantitative estimate of drug-likeness (QED) is 0.417. The Morgan fingerprint density at radius 2 is 1.96 bits per heavy atom. The van der Waals surface area contributed by atoms with Crippen LogP contribution in [0.3, 0.4) is 0 Å². The highest BCUT2D eigenvalue weighted by Crippen LogP contribution is 2.16. The van der Waals surface area contributed by atoms with Gasteiger partial charge in [-0.25, -0.2) is 0 Å². The highest BCUT2D eigenvalue weighted by Gasteiger charge is 2.09. The van der Waals surface area contributed by atoms with E-state index in [2.05, 4.69) is 10.2 Å². The number of esters is 1. The number of hydrogen-bond acceptors (Lipinski definition) is 5. The number of hydrogen-bond donors (Lipinski definition) is 0. The van der Waals surface area contributed by atoms with Crippen molar-refractivity contribution in [1.82, 2.24) is 4.57 Å². The molecule has 5 nitrogen and oxygen atoms in total. The molecule has 0 spiro atoms. The second-order valence-electron chi connectivity index (χ2n) is 5.27. The highest BCUT2D eigenvalue weighted by molar-refractivity contribution is 7.16. The molecule has 24 heavy (non-hydrogen) atoms. The van der Waals surface area contributed by atoms with Gasteiger partial charge in [-0.2, -0.15) is 5.10 Å². The zero-order chi connectivity index (χ0) is 16.9. The van der Waals surface area contributed by atoms with Crippen LogP contribution in [0.1, 0.15) is 11.1 Å². The SMILES string of the molecule is COC(=O)Cn1/c(=N/N=C\c2ccc(C)cc2)sc2ccccc21. The highest BCUT2D eigenvalue weighted by atomic mass is 32.1. The zero-order valence-electron chi connectivity index (χ0n) is 13.5. The third-order valence-corrected chi connectivity index (χ3v) is 4.58. The summed E-state index contributed by atoms with van der Waals surface area (Å²) in [6.45, 7) is 2.15. The summed E-state index contributed by atoms with van der Waals surface area (Å²) in [7, 11) is 1.38. The number of rotatable bonds is 4. The van der Waals surface area contributed by atoms with Crippen molar-refractivity contribution in [3.05, 3.63) is 64.5 Å². The Hall–Kier alpha value is -2.73. The first kappa shape index (κ1) is 16.1. The molecule has 3 aromatic rings. The van der Waals surface area contributed by atoms with E-state index in [0.29, 0.717) is 4.80 Å². The summed E-state index contributed by atoms with van der Waals surface area (Å²) in [5, 5.41) is 8.46. The molecular formula is C18H17N3O2S. The molecule has 0 aliphatic rings. The van der Waals surface area contributed by atoms with Crippen LogP contribution in [0.15, 0.2) is 58.7 Å². The number of benzene rings is 2. The predicted octanol–water partition coefficient (Wildman–Crippen LogP) is 3.12. The average molecular weight is 339 g/mol. The molecule has 6 heteroatoms. The normalized spacial score (nSPS) is 12.2. The first-order chi connectivity index (χ1) is 11.7. The fourth-order valence-electron chi connectivity index (χ4n) is 2.24. The number of para-hydroxylation sites is 1. The van der Waals surface area contributed by atoms with Crippen LogP contribution in [0.5, 0.6) is 0 Å². The fraction of sp³-hybridized carbons (Fsp3) is 0.167. The first-order valence-electron chi connectivity index (χ1n) is 7.46. The molecule has 0 aliphatic carbocycles. The largest absolute Gasteiger partial charge is 0.468 e. The van der Waals surface area contributed by atoms with E-state index in [0.717, 1.165) is 15.8 Å². The van der Waals surface area contributed by atoms with Crippen LogP contribution in [-0.2, 0) is 16.1 Å². The van der Waals surface area contributed by atoms with Gasteiger partial charge in [-0.1, -0.05) is 53.3 Å². The van der Waals surface area contributed by atoms with Gasteiger partial charge in [0.05, 0.1) is 23.5 Å². The summed E-state index contributed by atoms with van der Waals surface area (Å²) in [5.41, 5.74) is 3.12. The summed E-state index contributed by atoms with van der Waals surface area (Å²) in [5.74, 6) is -0.317. The van der Waals surface area contributed by atoms with Crippen molar-refractivity contribution in [2.24, 2.45) is 10.2 Å². The van der Waals surface area contributed by atoms with Gasteiger partial charge in [-0.05, 0) is 24.6 Å². The van der Waals surface area contributed by atoms with Crippen molar-refractivity contribution in [2.75, 3.05) is 7.11 Å². The fourth-order valence-corrected chi connectivity index (χ4v) is 3.23. The molecule has 2 aromatic carbocycles. The Morgan fingerprint density at radius 3 is 2.71 bits per heavy atom. The minimum Gasteiger partial charge on any atom is -0.468 e.